The number of amides is 1. The zero-order valence-electron chi connectivity index (χ0n) is 14.9. The van der Waals surface area contributed by atoms with Gasteiger partial charge in [-0.1, -0.05) is 30.3 Å². The molecule has 0 radical (unpaired) electrons. The molecule has 1 heterocycles. The van der Waals surface area contributed by atoms with E-state index in [0.29, 0.717) is 17.2 Å². The molecule has 0 atom stereocenters. The molecule has 3 rings (SSSR count). The minimum atomic E-state index is -1.82. The highest BCUT2D eigenvalue weighted by molar-refractivity contribution is 6.27. The summed E-state index contributed by atoms with van der Waals surface area (Å²) in [6, 6.07) is 15.5. The molecule has 0 aliphatic carbocycles. The van der Waals surface area contributed by atoms with Crippen molar-refractivity contribution in [3.8, 4) is 11.5 Å². The smallest absolute Gasteiger partial charge is 0.414 e. The predicted octanol–water partition coefficient (Wildman–Crippen LogP) is 1.34. The van der Waals surface area contributed by atoms with Gasteiger partial charge in [0.25, 0.3) is 0 Å². The number of aliphatic carboxylic acids is 2. The van der Waals surface area contributed by atoms with Crippen LogP contribution in [0.3, 0.4) is 0 Å². The van der Waals surface area contributed by atoms with Crippen LogP contribution >= 0.6 is 0 Å². The number of hydrogen-bond donors (Lipinski definition) is 4. The summed E-state index contributed by atoms with van der Waals surface area (Å²) < 4.78 is 10.5. The first kappa shape index (κ1) is 20.7. The number of nitrogens with one attached hydrogen (secondary N) is 2. The molecule has 4 N–H and O–H groups in total. The van der Waals surface area contributed by atoms with E-state index in [1.54, 1.807) is 18.2 Å². The number of carbonyl (C=O) groups is 3. The van der Waals surface area contributed by atoms with Gasteiger partial charge in [-0.25, -0.2) is 9.59 Å². The maximum Gasteiger partial charge on any atom is 0.414 e. The number of benzene rings is 2. The fourth-order valence-electron chi connectivity index (χ4n) is 2.26. The second-order valence-corrected chi connectivity index (χ2v) is 5.64. The predicted molar refractivity (Wildman–Crippen MR) is 99.5 cm³/mol. The molecule has 9 nitrogen and oxygen atoms in total. The van der Waals surface area contributed by atoms with Crippen LogP contribution in [-0.4, -0.2) is 47.9 Å². The van der Waals surface area contributed by atoms with E-state index in [2.05, 4.69) is 22.8 Å². The lowest BCUT2D eigenvalue weighted by molar-refractivity contribution is -0.159. The van der Waals surface area contributed by atoms with Crippen LogP contribution in [0.1, 0.15) is 5.56 Å². The molecule has 9 heteroatoms. The van der Waals surface area contributed by atoms with Crippen LogP contribution < -0.4 is 20.1 Å². The summed E-state index contributed by atoms with van der Waals surface area (Å²) in [6.07, 6.45) is 0.901. The Morgan fingerprint density at radius 1 is 0.929 bits per heavy atom. The molecule has 148 valence electrons. The average molecular weight is 388 g/mol. The second-order valence-electron chi connectivity index (χ2n) is 5.64. The number of hydrogen-bond acceptors (Lipinski definition) is 6. The van der Waals surface area contributed by atoms with Gasteiger partial charge in [0.2, 0.25) is 12.7 Å². The molecule has 1 aliphatic heterocycles. The average Bonchev–Trinajstić information content (AvgIpc) is 3.14. The Balaban J connectivity index is 0.000000409. The van der Waals surface area contributed by atoms with E-state index in [9.17, 15) is 4.79 Å². The third-order valence-corrected chi connectivity index (χ3v) is 3.56. The Morgan fingerprint density at radius 3 is 2.29 bits per heavy atom. The Morgan fingerprint density at radius 2 is 1.61 bits per heavy atom. The van der Waals surface area contributed by atoms with Crippen LogP contribution in [0.5, 0.6) is 11.5 Å². The zero-order chi connectivity index (χ0) is 20.4. The van der Waals surface area contributed by atoms with Crippen molar-refractivity contribution in [3.63, 3.8) is 0 Å². The standard InChI is InChI=1S/C17H18N2O3.C2H2O4/c20-17(11-18-9-8-13-4-2-1-3-5-13)19-14-6-7-15-16(10-14)22-12-21-15;3-1(4)2(5)6/h1-7,10,18H,8-9,11-12H2,(H,19,20);(H,3,4)(H,5,6). The normalized spacial score (nSPS) is 11.1. The lowest BCUT2D eigenvalue weighted by Gasteiger charge is -2.07. The van der Waals surface area contributed by atoms with Crippen LogP contribution in [0.2, 0.25) is 0 Å². The number of ether oxygens (including phenoxy) is 2. The van der Waals surface area contributed by atoms with E-state index in [1.807, 2.05) is 18.2 Å². The molecule has 0 saturated heterocycles. The maximum absolute atomic E-state index is 11.9. The van der Waals surface area contributed by atoms with Crippen LogP contribution in [-0.2, 0) is 20.8 Å². The number of carboxylic acids is 2. The van der Waals surface area contributed by atoms with E-state index in [1.165, 1.54) is 5.56 Å². The first-order valence-corrected chi connectivity index (χ1v) is 8.36. The highest BCUT2D eigenvalue weighted by atomic mass is 16.7. The van der Waals surface area contributed by atoms with Crippen molar-refractivity contribution < 1.29 is 34.1 Å². The van der Waals surface area contributed by atoms with E-state index in [-0.39, 0.29) is 19.2 Å². The molecule has 1 aliphatic rings. The van der Waals surface area contributed by atoms with E-state index < -0.39 is 11.9 Å². The van der Waals surface area contributed by atoms with Crippen molar-refractivity contribution in [1.82, 2.24) is 5.32 Å². The Hall–Kier alpha value is -3.59. The molecule has 0 saturated carbocycles. The molecule has 0 unspecified atom stereocenters. The molecular formula is C19H20N2O7. The van der Waals surface area contributed by atoms with Crippen LogP contribution in [0.15, 0.2) is 48.5 Å². The summed E-state index contributed by atoms with van der Waals surface area (Å²) in [4.78, 5) is 30.1. The summed E-state index contributed by atoms with van der Waals surface area (Å²) in [5, 5.41) is 20.8. The van der Waals surface area contributed by atoms with Crippen molar-refractivity contribution >= 4 is 23.5 Å². The Labute approximate surface area is 160 Å². The molecule has 28 heavy (non-hydrogen) atoms. The summed E-state index contributed by atoms with van der Waals surface area (Å²) in [7, 11) is 0. The molecule has 2 aromatic carbocycles. The largest absolute Gasteiger partial charge is 0.473 e. The van der Waals surface area contributed by atoms with Gasteiger partial charge in [0.1, 0.15) is 0 Å². The summed E-state index contributed by atoms with van der Waals surface area (Å²) >= 11 is 0. The van der Waals surface area contributed by atoms with Gasteiger partial charge < -0.3 is 30.3 Å². The first-order chi connectivity index (χ1) is 13.5. The third kappa shape index (κ3) is 6.96. The summed E-state index contributed by atoms with van der Waals surface area (Å²) in [6.45, 7) is 1.27. The van der Waals surface area contributed by atoms with Crippen molar-refractivity contribution in [3.05, 3.63) is 54.1 Å². The topological polar surface area (TPSA) is 134 Å². The molecule has 1 amide bonds. The molecule has 0 fully saturated rings. The first-order valence-electron chi connectivity index (χ1n) is 8.36. The van der Waals surface area contributed by atoms with Crippen molar-refractivity contribution in [2.75, 3.05) is 25.2 Å². The quantitative estimate of drug-likeness (QED) is 0.430. The van der Waals surface area contributed by atoms with Crippen LogP contribution in [0.25, 0.3) is 0 Å². The highest BCUT2D eigenvalue weighted by Gasteiger charge is 2.13. The number of fused-ring (bicyclic) bond motifs is 1. The van der Waals surface area contributed by atoms with Gasteiger partial charge in [0.05, 0.1) is 6.54 Å². The maximum atomic E-state index is 11.9. The van der Waals surface area contributed by atoms with Gasteiger partial charge in [-0.2, -0.15) is 0 Å². The Bertz CT molecular complexity index is 812. The van der Waals surface area contributed by atoms with Gasteiger partial charge in [-0.05, 0) is 30.7 Å². The van der Waals surface area contributed by atoms with Gasteiger partial charge in [-0.3, -0.25) is 4.79 Å². The molecule has 0 spiro atoms. The number of rotatable bonds is 6. The molecular weight excluding hydrogens is 368 g/mol. The highest BCUT2D eigenvalue weighted by Crippen LogP contribution is 2.34. The van der Waals surface area contributed by atoms with Crippen molar-refractivity contribution in [2.24, 2.45) is 0 Å². The molecule has 0 aromatic heterocycles. The second kappa shape index (κ2) is 10.5. The van der Waals surface area contributed by atoms with E-state index in [0.717, 1.165) is 13.0 Å². The summed E-state index contributed by atoms with van der Waals surface area (Å²) in [5.74, 6) is -2.36. The van der Waals surface area contributed by atoms with Crippen molar-refractivity contribution in [1.29, 1.82) is 0 Å². The van der Waals surface area contributed by atoms with Gasteiger partial charge >= 0.3 is 11.9 Å². The number of carboxylic acid groups (broad SMARTS) is 2. The fraction of sp³-hybridized carbons (Fsp3) is 0.211. The monoisotopic (exact) mass is 388 g/mol. The van der Waals surface area contributed by atoms with Gasteiger partial charge in [-0.15, -0.1) is 0 Å². The molecule has 0 bridgehead atoms. The molecule has 2 aromatic rings. The Kier molecular flexibility index (Phi) is 7.79. The minimum Gasteiger partial charge on any atom is -0.473 e. The van der Waals surface area contributed by atoms with Crippen LogP contribution in [0.4, 0.5) is 5.69 Å². The number of carbonyl (C=O) groups excluding carboxylic acids is 1. The SMILES string of the molecule is O=C(CNCCc1ccccc1)Nc1ccc2c(c1)OCO2.O=C(O)C(=O)O. The van der Waals surface area contributed by atoms with Crippen LogP contribution in [0, 0.1) is 0 Å². The van der Waals surface area contributed by atoms with E-state index >= 15 is 0 Å². The lowest BCUT2D eigenvalue weighted by Crippen LogP contribution is -2.29. The lowest BCUT2D eigenvalue weighted by atomic mass is 10.1. The van der Waals surface area contributed by atoms with Crippen molar-refractivity contribution in [2.45, 2.75) is 6.42 Å². The van der Waals surface area contributed by atoms with Gasteiger partial charge in [0.15, 0.2) is 11.5 Å². The third-order valence-electron chi connectivity index (χ3n) is 3.56. The minimum absolute atomic E-state index is 0.0769. The summed E-state index contributed by atoms with van der Waals surface area (Å²) in [5.41, 5.74) is 1.96. The fourth-order valence-corrected chi connectivity index (χ4v) is 2.26. The van der Waals surface area contributed by atoms with Gasteiger partial charge in [0, 0.05) is 11.8 Å². The zero-order valence-corrected chi connectivity index (χ0v) is 14.9. The number of anilines is 1. The van der Waals surface area contributed by atoms with E-state index in [4.69, 9.17) is 29.3 Å².